The molecule has 0 aliphatic heterocycles. The smallest absolute Gasteiger partial charge is 0.134 e. The zero-order valence-corrected chi connectivity index (χ0v) is 10.5. The molecular formula is C14H19NO2. The zero-order valence-electron chi connectivity index (χ0n) is 10.5. The largest absolute Gasteiger partial charge is 0.494 e. The van der Waals surface area contributed by atoms with Crippen LogP contribution in [0.3, 0.4) is 0 Å². The fourth-order valence-electron chi connectivity index (χ4n) is 2.12. The second-order valence-corrected chi connectivity index (χ2v) is 4.05. The first-order chi connectivity index (χ1) is 8.30. The number of hydrogen-bond acceptors (Lipinski definition) is 3. The van der Waals surface area contributed by atoms with E-state index in [4.69, 9.17) is 14.9 Å². The van der Waals surface area contributed by atoms with Gasteiger partial charge >= 0.3 is 0 Å². The van der Waals surface area contributed by atoms with E-state index >= 15 is 0 Å². The standard InChI is InChI=1S/C14H19NO2/c1-3-5-11-12-8-10(16-4-2)6-7-13(12)17-14(11)9-15/h6-8H,3-5,9,15H2,1-2H3. The van der Waals surface area contributed by atoms with Gasteiger partial charge in [0, 0.05) is 10.9 Å². The third kappa shape index (κ3) is 2.29. The van der Waals surface area contributed by atoms with Crippen molar-refractivity contribution in [2.24, 2.45) is 5.73 Å². The van der Waals surface area contributed by atoms with E-state index in [2.05, 4.69) is 6.92 Å². The molecule has 0 aliphatic rings. The number of furan rings is 1. The molecule has 1 aromatic carbocycles. The zero-order chi connectivity index (χ0) is 12.3. The average molecular weight is 233 g/mol. The van der Waals surface area contributed by atoms with E-state index in [-0.39, 0.29) is 0 Å². The minimum Gasteiger partial charge on any atom is -0.494 e. The SMILES string of the molecule is CCCc1c(CN)oc2ccc(OCC)cc12. The van der Waals surface area contributed by atoms with Gasteiger partial charge in [-0.1, -0.05) is 13.3 Å². The Morgan fingerprint density at radius 3 is 2.76 bits per heavy atom. The molecule has 1 heterocycles. The maximum atomic E-state index is 5.75. The lowest BCUT2D eigenvalue weighted by molar-refractivity contribution is 0.340. The highest BCUT2D eigenvalue weighted by Gasteiger charge is 2.12. The van der Waals surface area contributed by atoms with Crippen molar-refractivity contribution >= 4 is 11.0 Å². The van der Waals surface area contributed by atoms with Crippen molar-refractivity contribution in [2.45, 2.75) is 33.2 Å². The van der Waals surface area contributed by atoms with Crippen molar-refractivity contribution in [1.29, 1.82) is 0 Å². The molecule has 0 spiro atoms. The molecule has 3 nitrogen and oxygen atoms in total. The lowest BCUT2D eigenvalue weighted by atomic mass is 10.1. The van der Waals surface area contributed by atoms with Crippen molar-refractivity contribution in [3.63, 3.8) is 0 Å². The fourth-order valence-corrected chi connectivity index (χ4v) is 2.12. The number of fused-ring (bicyclic) bond motifs is 1. The highest BCUT2D eigenvalue weighted by Crippen LogP contribution is 2.30. The lowest BCUT2D eigenvalue weighted by Crippen LogP contribution is -1.98. The van der Waals surface area contributed by atoms with E-state index in [9.17, 15) is 0 Å². The van der Waals surface area contributed by atoms with E-state index < -0.39 is 0 Å². The molecule has 0 atom stereocenters. The van der Waals surface area contributed by atoms with Crippen LogP contribution in [0.5, 0.6) is 5.75 Å². The minimum atomic E-state index is 0.452. The normalized spacial score (nSPS) is 11.0. The molecule has 2 rings (SSSR count). The summed E-state index contributed by atoms with van der Waals surface area (Å²) in [6.07, 6.45) is 2.08. The summed E-state index contributed by atoms with van der Waals surface area (Å²) in [5.41, 5.74) is 7.85. The molecule has 0 bridgehead atoms. The van der Waals surface area contributed by atoms with Crippen molar-refractivity contribution < 1.29 is 9.15 Å². The van der Waals surface area contributed by atoms with Crippen LogP contribution < -0.4 is 10.5 Å². The first-order valence-corrected chi connectivity index (χ1v) is 6.17. The molecule has 0 saturated heterocycles. The average Bonchev–Trinajstić information content (AvgIpc) is 2.68. The number of rotatable bonds is 5. The molecule has 2 N–H and O–H groups in total. The van der Waals surface area contributed by atoms with Crippen LogP contribution in [0.2, 0.25) is 0 Å². The van der Waals surface area contributed by atoms with Gasteiger partial charge in [0.2, 0.25) is 0 Å². The van der Waals surface area contributed by atoms with Crippen LogP contribution in [0.25, 0.3) is 11.0 Å². The van der Waals surface area contributed by atoms with Crippen molar-refractivity contribution in [3.05, 3.63) is 29.5 Å². The summed E-state index contributed by atoms with van der Waals surface area (Å²) >= 11 is 0. The van der Waals surface area contributed by atoms with Crippen LogP contribution in [-0.2, 0) is 13.0 Å². The highest BCUT2D eigenvalue weighted by atomic mass is 16.5. The van der Waals surface area contributed by atoms with Gasteiger partial charge in [-0.15, -0.1) is 0 Å². The third-order valence-electron chi connectivity index (χ3n) is 2.84. The summed E-state index contributed by atoms with van der Waals surface area (Å²) in [6, 6.07) is 5.94. The molecule has 0 fully saturated rings. The molecule has 0 saturated carbocycles. The Balaban J connectivity index is 2.52. The Morgan fingerprint density at radius 2 is 2.12 bits per heavy atom. The Kier molecular flexibility index (Phi) is 3.69. The van der Waals surface area contributed by atoms with Gasteiger partial charge < -0.3 is 14.9 Å². The number of hydrogen-bond donors (Lipinski definition) is 1. The summed E-state index contributed by atoms with van der Waals surface area (Å²) in [7, 11) is 0. The third-order valence-corrected chi connectivity index (χ3v) is 2.84. The highest BCUT2D eigenvalue weighted by molar-refractivity contribution is 5.83. The predicted molar refractivity (Wildman–Crippen MR) is 69.3 cm³/mol. The Labute approximate surface area is 102 Å². The summed E-state index contributed by atoms with van der Waals surface area (Å²) < 4.78 is 11.3. The Morgan fingerprint density at radius 1 is 1.29 bits per heavy atom. The van der Waals surface area contributed by atoms with E-state index in [0.717, 1.165) is 35.3 Å². The lowest BCUT2D eigenvalue weighted by Gasteiger charge is -2.03. The first kappa shape index (κ1) is 12.0. The van der Waals surface area contributed by atoms with Crippen LogP contribution >= 0.6 is 0 Å². The molecule has 3 heteroatoms. The Bertz CT molecular complexity index is 502. The maximum Gasteiger partial charge on any atom is 0.134 e. The van der Waals surface area contributed by atoms with Crippen LogP contribution in [0.1, 0.15) is 31.6 Å². The van der Waals surface area contributed by atoms with Gasteiger partial charge in [0.05, 0.1) is 13.2 Å². The number of nitrogens with two attached hydrogens (primary N) is 1. The Hall–Kier alpha value is -1.48. The van der Waals surface area contributed by atoms with Crippen LogP contribution in [0.4, 0.5) is 0 Å². The van der Waals surface area contributed by atoms with Crippen molar-refractivity contribution in [1.82, 2.24) is 0 Å². The molecule has 0 radical (unpaired) electrons. The van der Waals surface area contributed by atoms with Crippen LogP contribution in [-0.4, -0.2) is 6.61 Å². The second-order valence-electron chi connectivity index (χ2n) is 4.05. The molecule has 92 valence electrons. The molecule has 17 heavy (non-hydrogen) atoms. The summed E-state index contributed by atoms with van der Waals surface area (Å²) in [5, 5.41) is 1.14. The van der Waals surface area contributed by atoms with Gasteiger partial charge in [-0.05, 0) is 31.5 Å². The molecular weight excluding hydrogens is 214 g/mol. The van der Waals surface area contributed by atoms with Crippen LogP contribution in [0, 0.1) is 0 Å². The van der Waals surface area contributed by atoms with Crippen molar-refractivity contribution in [3.8, 4) is 5.75 Å². The number of aryl methyl sites for hydroxylation is 1. The molecule has 2 aromatic rings. The summed E-state index contributed by atoms with van der Waals surface area (Å²) in [4.78, 5) is 0. The van der Waals surface area contributed by atoms with E-state index in [1.165, 1.54) is 5.56 Å². The quantitative estimate of drug-likeness (QED) is 0.862. The first-order valence-electron chi connectivity index (χ1n) is 6.17. The topological polar surface area (TPSA) is 48.4 Å². The van der Waals surface area contributed by atoms with Gasteiger partial charge in [0.25, 0.3) is 0 Å². The van der Waals surface area contributed by atoms with Gasteiger partial charge in [0.1, 0.15) is 17.1 Å². The second kappa shape index (κ2) is 5.23. The molecule has 0 unspecified atom stereocenters. The molecule has 0 aliphatic carbocycles. The van der Waals surface area contributed by atoms with Gasteiger partial charge in [-0.2, -0.15) is 0 Å². The predicted octanol–water partition coefficient (Wildman–Crippen LogP) is 3.24. The fraction of sp³-hybridized carbons (Fsp3) is 0.429. The maximum absolute atomic E-state index is 5.75. The van der Waals surface area contributed by atoms with Gasteiger partial charge in [-0.25, -0.2) is 0 Å². The van der Waals surface area contributed by atoms with Crippen LogP contribution in [0.15, 0.2) is 22.6 Å². The number of benzene rings is 1. The minimum absolute atomic E-state index is 0.452. The van der Waals surface area contributed by atoms with Gasteiger partial charge in [0.15, 0.2) is 0 Å². The molecule has 0 amide bonds. The van der Waals surface area contributed by atoms with Crippen molar-refractivity contribution in [2.75, 3.05) is 6.61 Å². The van der Waals surface area contributed by atoms with E-state index in [1.807, 2.05) is 25.1 Å². The summed E-state index contributed by atoms with van der Waals surface area (Å²) in [5.74, 6) is 1.79. The van der Waals surface area contributed by atoms with E-state index in [0.29, 0.717) is 13.2 Å². The molecule has 1 aromatic heterocycles. The summed E-state index contributed by atoms with van der Waals surface area (Å²) in [6.45, 7) is 5.27. The van der Waals surface area contributed by atoms with E-state index in [1.54, 1.807) is 0 Å². The monoisotopic (exact) mass is 233 g/mol. The number of ether oxygens (including phenoxy) is 1. The van der Waals surface area contributed by atoms with Gasteiger partial charge in [-0.3, -0.25) is 0 Å².